The molecule has 1 aliphatic rings. The normalized spacial score (nSPS) is 18.4. The number of ketones is 1. The summed E-state index contributed by atoms with van der Waals surface area (Å²) >= 11 is 0. The zero-order chi connectivity index (χ0) is 14.6. The van der Waals surface area contributed by atoms with Crippen LogP contribution in [0.3, 0.4) is 0 Å². The van der Waals surface area contributed by atoms with Crippen molar-refractivity contribution in [2.75, 3.05) is 0 Å². The first-order valence-corrected chi connectivity index (χ1v) is 7.20. The van der Waals surface area contributed by atoms with Gasteiger partial charge in [-0.25, -0.2) is 0 Å². The molecule has 1 aromatic rings. The van der Waals surface area contributed by atoms with E-state index in [2.05, 4.69) is 0 Å². The number of Topliss-reactive ketones (excluding diaryl/α,β-unsaturated/α-hetero) is 1. The van der Waals surface area contributed by atoms with Crippen LogP contribution in [0.25, 0.3) is 0 Å². The minimum absolute atomic E-state index is 0.162. The molecule has 0 aliphatic heterocycles. The number of rotatable bonds is 2. The number of halogens is 3. The van der Waals surface area contributed by atoms with Crippen LogP contribution in [-0.2, 0) is 6.18 Å². The maximum Gasteiger partial charge on any atom is 0.417 e. The van der Waals surface area contributed by atoms with E-state index in [1.165, 1.54) is 24.6 Å². The minimum Gasteiger partial charge on any atom is -0.294 e. The fourth-order valence-electron chi connectivity index (χ4n) is 2.88. The Morgan fingerprint density at radius 2 is 1.50 bits per heavy atom. The first-order valence-electron chi connectivity index (χ1n) is 7.20. The van der Waals surface area contributed by atoms with Crippen molar-refractivity contribution in [3.63, 3.8) is 0 Å². The van der Waals surface area contributed by atoms with Gasteiger partial charge in [0.2, 0.25) is 0 Å². The number of hydrogen-bond acceptors (Lipinski definition) is 1. The summed E-state index contributed by atoms with van der Waals surface area (Å²) < 4.78 is 38.9. The lowest BCUT2D eigenvalue weighted by Gasteiger charge is -2.20. The van der Waals surface area contributed by atoms with Gasteiger partial charge in [-0.2, -0.15) is 13.2 Å². The summed E-state index contributed by atoms with van der Waals surface area (Å²) in [6.45, 7) is 0. The first kappa shape index (κ1) is 15.1. The summed E-state index contributed by atoms with van der Waals surface area (Å²) in [4.78, 5) is 12.4. The van der Waals surface area contributed by atoms with Crippen molar-refractivity contribution < 1.29 is 18.0 Å². The highest BCUT2D eigenvalue weighted by Gasteiger charge is 2.36. The zero-order valence-corrected chi connectivity index (χ0v) is 11.4. The minimum atomic E-state index is -4.46. The molecule has 0 heterocycles. The second-order valence-electron chi connectivity index (χ2n) is 5.45. The maximum absolute atomic E-state index is 13.0. The predicted octanol–water partition coefficient (Wildman–Crippen LogP) is 5.25. The molecule has 1 aliphatic carbocycles. The molecule has 2 rings (SSSR count). The molecule has 0 bridgehead atoms. The molecular weight excluding hydrogens is 265 g/mol. The Labute approximate surface area is 117 Å². The Bertz CT molecular complexity index is 457. The lowest BCUT2D eigenvalue weighted by atomic mass is 9.84. The highest BCUT2D eigenvalue weighted by atomic mass is 19.4. The van der Waals surface area contributed by atoms with Crippen LogP contribution in [0.2, 0.25) is 0 Å². The molecule has 20 heavy (non-hydrogen) atoms. The summed E-state index contributed by atoms with van der Waals surface area (Å²) in [6.07, 6.45) is 2.15. The van der Waals surface area contributed by atoms with Crippen LogP contribution < -0.4 is 0 Å². The molecule has 0 radical (unpaired) electrons. The fraction of sp³-hybridized carbons (Fsp3) is 0.562. The van der Waals surface area contributed by atoms with Crippen molar-refractivity contribution in [1.82, 2.24) is 0 Å². The van der Waals surface area contributed by atoms with Crippen LogP contribution in [-0.4, -0.2) is 5.78 Å². The van der Waals surface area contributed by atoms with Crippen LogP contribution >= 0.6 is 0 Å². The number of carbonyl (C=O) groups is 1. The summed E-state index contributed by atoms with van der Waals surface area (Å²) in [5.74, 6) is -0.585. The third kappa shape index (κ3) is 3.62. The zero-order valence-electron chi connectivity index (χ0n) is 11.4. The van der Waals surface area contributed by atoms with Gasteiger partial charge < -0.3 is 0 Å². The van der Waals surface area contributed by atoms with Crippen LogP contribution in [0.4, 0.5) is 13.2 Å². The summed E-state index contributed by atoms with van der Waals surface area (Å²) in [6, 6.07) is 5.14. The van der Waals surface area contributed by atoms with Crippen LogP contribution in [0.1, 0.15) is 60.9 Å². The van der Waals surface area contributed by atoms with Crippen LogP contribution in [0.15, 0.2) is 24.3 Å². The lowest BCUT2D eigenvalue weighted by Crippen LogP contribution is -2.20. The molecule has 0 N–H and O–H groups in total. The number of alkyl halides is 3. The average molecular weight is 284 g/mol. The molecule has 0 spiro atoms. The van der Waals surface area contributed by atoms with E-state index < -0.39 is 11.7 Å². The van der Waals surface area contributed by atoms with Crippen LogP contribution in [0.5, 0.6) is 0 Å². The van der Waals surface area contributed by atoms with Crippen molar-refractivity contribution in [2.45, 2.75) is 51.1 Å². The number of hydrogen-bond donors (Lipinski definition) is 0. The molecule has 0 atom stereocenters. The number of carbonyl (C=O) groups excluding carboxylic acids is 1. The van der Waals surface area contributed by atoms with Gasteiger partial charge in [-0.1, -0.05) is 50.3 Å². The molecule has 1 saturated carbocycles. The second-order valence-corrected chi connectivity index (χ2v) is 5.45. The third-order valence-electron chi connectivity index (χ3n) is 3.97. The molecule has 4 heteroatoms. The standard InChI is InChI=1S/C16H19F3O/c17-16(18,19)14-11-7-6-10-13(14)15(20)12-8-4-2-1-3-5-9-12/h6-7,10-12H,1-5,8-9H2. The van der Waals surface area contributed by atoms with Gasteiger partial charge in [0.05, 0.1) is 5.56 Å². The Balaban J connectivity index is 2.23. The van der Waals surface area contributed by atoms with Crippen molar-refractivity contribution in [3.8, 4) is 0 Å². The Hall–Kier alpha value is -1.32. The van der Waals surface area contributed by atoms with Gasteiger partial charge >= 0.3 is 6.18 Å². The van der Waals surface area contributed by atoms with Gasteiger partial charge in [0.15, 0.2) is 5.78 Å². The van der Waals surface area contributed by atoms with E-state index in [-0.39, 0.29) is 17.3 Å². The molecule has 0 saturated heterocycles. The highest BCUT2D eigenvalue weighted by Crippen LogP contribution is 2.34. The molecule has 110 valence electrons. The molecule has 0 amide bonds. The van der Waals surface area contributed by atoms with Gasteiger partial charge in [0.25, 0.3) is 0 Å². The molecule has 1 aromatic carbocycles. The van der Waals surface area contributed by atoms with E-state index in [1.807, 2.05) is 0 Å². The largest absolute Gasteiger partial charge is 0.417 e. The Morgan fingerprint density at radius 3 is 2.10 bits per heavy atom. The lowest BCUT2D eigenvalue weighted by molar-refractivity contribution is -0.137. The summed E-state index contributed by atoms with van der Waals surface area (Å²) in [5.41, 5.74) is -0.961. The van der Waals surface area contributed by atoms with Crippen LogP contribution in [0, 0.1) is 5.92 Å². The topological polar surface area (TPSA) is 17.1 Å². The average Bonchev–Trinajstić information content (AvgIpc) is 2.37. The quantitative estimate of drug-likeness (QED) is 0.678. The van der Waals surface area contributed by atoms with Crippen molar-refractivity contribution in [1.29, 1.82) is 0 Å². The molecule has 0 aromatic heterocycles. The van der Waals surface area contributed by atoms with E-state index in [0.29, 0.717) is 12.8 Å². The van der Waals surface area contributed by atoms with E-state index in [9.17, 15) is 18.0 Å². The number of benzene rings is 1. The SMILES string of the molecule is O=C(c1ccccc1C(F)(F)F)C1CCCCCCC1. The Kier molecular flexibility index (Phi) is 4.84. The fourth-order valence-corrected chi connectivity index (χ4v) is 2.88. The maximum atomic E-state index is 13.0. The van der Waals surface area contributed by atoms with Crippen molar-refractivity contribution in [2.24, 2.45) is 5.92 Å². The van der Waals surface area contributed by atoms with E-state index in [0.717, 1.165) is 31.7 Å². The molecule has 0 unspecified atom stereocenters. The highest BCUT2D eigenvalue weighted by molar-refractivity contribution is 5.99. The van der Waals surface area contributed by atoms with E-state index in [1.54, 1.807) is 0 Å². The molecule has 1 nitrogen and oxygen atoms in total. The summed E-state index contributed by atoms with van der Waals surface area (Å²) in [7, 11) is 0. The monoisotopic (exact) mass is 284 g/mol. The van der Waals surface area contributed by atoms with E-state index >= 15 is 0 Å². The van der Waals surface area contributed by atoms with Gasteiger partial charge in [0.1, 0.15) is 0 Å². The molecule has 1 fully saturated rings. The van der Waals surface area contributed by atoms with Gasteiger partial charge in [-0.3, -0.25) is 4.79 Å². The second kappa shape index (κ2) is 6.42. The van der Waals surface area contributed by atoms with E-state index in [4.69, 9.17) is 0 Å². The van der Waals surface area contributed by atoms with Crippen molar-refractivity contribution in [3.05, 3.63) is 35.4 Å². The molecular formula is C16H19F3O. The first-order chi connectivity index (χ1) is 9.50. The predicted molar refractivity (Wildman–Crippen MR) is 71.6 cm³/mol. The smallest absolute Gasteiger partial charge is 0.294 e. The van der Waals surface area contributed by atoms with Gasteiger partial charge in [-0.05, 0) is 18.9 Å². The summed E-state index contributed by atoms with van der Waals surface area (Å²) in [5, 5.41) is 0. The third-order valence-corrected chi connectivity index (χ3v) is 3.97. The van der Waals surface area contributed by atoms with Crippen molar-refractivity contribution >= 4 is 5.78 Å². The Morgan fingerprint density at radius 1 is 0.950 bits per heavy atom. The van der Waals surface area contributed by atoms with Gasteiger partial charge in [0, 0.05) is 11.5 Å². The van der Waals surface area contributed by atoms with Gasteiger partial charge in [-0.15, -0.1) is 0 Å².